The van der Waals surface area contributed by atoms with E-state index < -0.39 is 0 Å². The molecule has 2 heterocycles. The summed E-state index contributed by atoms with van der Waals surface area (Å²) in [5.74, 6) is 0. The molecule has 3 rings (SSSR count). The first-order valence-corrected chi connectivity index (χ1v) is 6.51. The minimum Gasteiger partial charge on any atom is -0.378 e. The normalized spacial score (nSPS) is 26.7. The second-order valence-corrected chi connectivity index (χ2v) is 5.00. The summed E-state index contributed by atoms with van der Waals surface area (Å²) in [7, 11) is 0. The zero-order chi connectivity index (χ0) is 11.5. The topological polar surface area (TPSA) is 24.5 Å². The van der Waals surface area contributed by atoms with Gasteiger partial charge in [-0.2, -0.15) is 0 Å². The van der Waals surface area contributed by atoms with Gasteiger partial charge in [0.25, 0.3) is 0 Å². The average Bonchev–Trinajstić information content (AvgIpc) is 2.49. The number of morpholine rings is 1. The van der Waals surface area contributed by atoms with E-state index in [0.717, 1.165) is 32.8 Å². The maximum Gasteiger partial charge on any atom is 0.0635 e. The Kier molecular flexibility index (Phi) is 7.11. The lowest BCUT2D eigenvalue weighted by molar-refractivity contribution is -0.0466. The summed E-state index contributed by atoms with van der Waals surface area (Å²) in [4.78, 5) is 2.62. The van der Waals surface area contributed by atoms with Crippen molar-refractivity contribution in [2.75, 3.05) is 26.3 Å². The minimum absolute atomic E-state index is 0. The van der Waals surface area contributed by atoms with E-state index in [-0.39, 0.29) is 24.8 Å². The van der Waals surface area contributed by atoms with Crippen molar-refractivity contribution in [2.45, 2.75) is 25.0 Å². The number of fused-ring (bicyclic) bond motifs is 2. The molecule has 19 heavy (non-hydrogen) atoms. The Morgan fingerprint density at radius 1 is 1.11 bits per heavy atom. The number of rotatable bonds is 2. The average molecular weight is 305 g/mol. The predicted molar refractivity (Wildman–Crippen MR) is 82.4 cm³/mol. The Morgan fingerprint density at radius 3 is 2.63 bits per heavy atom. The van der Waals surface area contributed by atoms with Gasteiger partial charge in [0, 0.05) is 25.2 Å². The maximum atomic E-state index is 5.70. The molecule has 2 unspecified atom stereocenters. The number of halogens is 2. The van der Waals surface area contributed by atoms with Crippen molar-refractivity contribution in [3.05, 3.63) is 35.9 Å². The Morgan fingerprint density at radius 2 is 1.84 bits per heavy atom. The standard InChI is InChI=1S/C14H20N2O.2ClH/c1-2-4-12(5-3-1)9-16-13-6-7-15-8-14(16)11-17-10-13;;/h1-5,13-15H,6-11H2;2*1H. The van der Waals surface area contributed by atoms with Crippen molar-refractivity contribution in [3.63, 3.8) is 0 Å². The molecular weight excluding hydrogens is 283 g/mol. The third-order valence-electron chi connectivity index (χ3n) is 3.80. The minimum atomic E-state index is 0. The first-order valence-electron chi connectivity index (χ1n) is 6.51. The van der Waals surface area contributed by atoms with Crippen LogP contribution in [-0.2, 0) is 11.3 Å². The molecule has 2 fully saturated rings. The predicted octanol–water partition coefficient (Wildman–Crippen LogP) is 2.09. The number of hydrogen-bond acceptors (Lipinski definition) is 3. The highest BCUT2D eigenvalue weighted by atomic mass is 35.5. The second-order valence-electron chi connectivity index (χ2n) is 5.00. The summed E-state index contributed by atoms with van der Waals surface area (Å²) in [6.45, 7) is 5.00. The largest absolute Gasteiger partial charge is 0.378 e. The maximum absolute atomic E-state index is 5.70. The SMILES string of the molecule is Cl.Cl.c1ccc(CN2C3CCNCC2COC3)cc1. The van der Waals surface area contributed by atoms with Crippen molar-refractivity contribution < 1.29 is 4.74 Å². The molecular formula is C14H22Cl2N2O. The Labute approximate surface area is 127 Å². The summed E-state index contributed by atoms with van der Waals surface area (Å²) in [6.07, 6.45) is 1.20. The highest BCUT2D eigenvalue weighted by Gasteiger charge is 2.32. The van der Waals surface area contributed by atoms with Crippen LogP contribution in [-0.4, -0.2) is 43.3 Å². The number of nitrogens with one attached hydrogen (secondary N) is 1. The smallest absolute Gasteiger partial charge is 0.0635 e. The summed E-state index contributed by atoms with van der Waals surface area (Å²) in [6, 6.07) is 11.9. The Bertz CT molecular complexity index is 350. The molecule has 2 bridgehead atoms. The molecule has 0 aromatic heterocycles. The van der Waals surface area contributed by atoms with Crippen LogP contribution < -0.4 is 5.32 Å². The van der Waals surface area contributed by atoms with Gasteiger partial charge in [0.15, 0.2) is 0 Å². The molecule has 2 saturated heterocycles. The lowest BCUT2D eigenvalue weighted by Gasteiger charge is -2.40. The lowest BCUT2D eigenvalue weighted by atomic mass is 10.1. The van der Waals surface area contributed by atoms with E-state index >= 15 is 0 Å². The molecule has 0 aliphatic carbocycles. The first kappa shape index (κ1) is 16.7. The summed E-state index contributed by atoms with van der Waals surface area (Å²) >= 11 is 0. The quantitative estimate of drug-likeness (QED) is 0.905. The van der Waals surface area contributed by atoms with Crippen molar-refractivity contribution in [1.29, 1.82) is 0 Å². The second kappa shape index (κ2) is 8.08. The molecule has 1 aromatic carbocycles. The highest BCUT2D eigenvalue weighted by molar-refractivity contribution is 5.85. The van der Waals surface area contributed by atoms with Crippen molar-refractivity contribution in [2.24, 2.45) is 0 Å². The molecule has 2 atom stereocenters. The van der Waals surface area contributed by atoms with Gasteiger partial charge in [-0.1, -0.05) is 30.3 Å². The van der Waals surface area contributed by atoms with Gasteiger partial charge >= 0.3 is 0 Å². The molecule has 0 saturated carbocycles. The van der Waals surface area contributed by atoms with Crippen molar-refractivity contribution in [3.8, 4) is 0 Å². The zero-order valence-electron chi connectivity index (χ0n) is 11.0. The van der Waals surface area contributed by atoms with Crippen LogP contribution in [0.4, 0.5) is 0 Å². The van der Waals surface area contributed by atoms with Gasteiger partial charge in [-0.3, -0.25) is 4.90 Å². The van der Waals surface area contributed by atoms with Crippen LogP contribution in [0.3, 0.4) is 0 Å². The van der Waals surface area contributed by atoms with Crippen LogP contribution in [0.5, 0.6) is 0 Å². The van der Waals surface area contributed by atoms with Crippen molar-refractivity contribution in [1.82, 2.24) is 10.2 Å². The van der Waals surface area contributed by atoms with Gasteiger partial charge in [0.2, 0.25) is 0 Å². The molecule has 0 spiro atoms. The molecule has 2 aliphatic heterocycles. The van der Waals surface area contributed by atoms with Gasteiger partial charge in [0.05, 0.1) is 13.2 Å². The third-order valence-corrected chi connectivity index (χ3v) is 3.80. The van der Waals surface area contributed by atoms with E-state index in [4.69, 9.17) is 4.74 Å². The van der Waals surface area contributed by atoms with Crippen LogP contribution in [0.15, 0.2) is 30.3 Å². The van der Waals surface area contributed by atoms with Crippen LogP contribution in [0.2, 0.25) is 0 Å². The summed E-state index contributed by atoms with van der Waals surface area (Å²) < 4.78 is 5.70. The fourth-order valence-electron chi connectivity index (χ4n) is 2.84. The number of nitrogens with zero attached hydrogens (tertiary/aromatic N) is 1. The van der Waals surface area contributed by atoms with E-state index in [9.17, 15) is 0 Å². The fraction of sp³-hybridized carbons (Fsp3) is 0.571. The van der Waals surface area contributed by atoms with E-state index in [0.29, 0.717) is 12.1 Å². The summed E-state index contributed by atoms with van der Waals surface area (Å²) in [5.41, 5.74) is 1.41. The van der Waals surface area contributed by atoms with E-state index in [1.807, 2.05) is 0 Å². The molecule has 2 aliphatic rings. The van der Waals surface area contributed by atoms with Crippen LogP contribution >= 0.6 is 24.8 Å². The van der Waals surface area contributed by atoms with Crippen LogP contribution in [0.25, 0.3) is 0 Å². The van der Waals surface area contributed by atoms with Crippen molar-refractivity contribution >= 4 is 24.8 Å². The molecule has 1 aromatic rings. The third kappa shape index (κ3) is 4.07. The molecule has 3 nitrogen and oxygen atoms in total. The Balaban J connectivity index is 0.000000902. The fourth-order valence-corrected chi connectivity index (χ4v) is 2.84. The number of ether oxygens (including phenoxy) is 1. The van der Waals surface area contributed by atoms with E-state index in [2.05, 4.69) is 40.5 Å². The van der Waals surface area contributed by atoms with E-state index in [1.165, 1.54) is 12.0 Å². The van der Waals surface area contributed by atoms with Crippen LogP contribution in [0, 0.1) is 0 Å². The van der Waals surface area contributed by atoms with E-state index in [1.54, 1.807) is 0 Å². The molecule has 5 heteroatoms. The van der Waals surface area contributed by atoms with Crippen LogP contribution in [0.1, 0.15) is 12.0 Å². The number of hydrogen-bond donors (Lipinski definition) is 1. The van der Waals surface area contributed by atoms with Gasteiger partial charge in [0.1, 0.15) is 0 Å². The molecule has 0 radical (unpaired) electrons. The van der Waals surface area contributed by atoms with Gasteiger partial charge < -0.3 is 10.1 Å². The van der Waals surface area contributed by atoms with Gasteiger partial charge in [-0.05, 0) is 18.5 Å². The Hall–Kier alpha value is -0.320. The summed E-state index contributed by atoms with van der Waals surface area (Å²) in [5, 5.41) is 3.51. The van der Waals surface area contributed by atoms with Gasteiger partial charge in [-0.15, -0.1) is 24.8 Å². The van der Waals surface area contributed by atoms with Gasteiger partial charge in [-0.25, -0.2) is 0 Å². The highest BCUT2D eigenvalue weighted by Crippen LogP contribution is 2.21. The lowest BCUT2D eigenvalue weighted by Crippen LogP contribution is -2.52. The zero-order valence-corrected chi connectivity index (χ0v) is 12.6. The molecule has 0 amide bonds. The number of benzene rings is 1. The molecule has 108 valence electrons. The first-order chi connectivity index (χ1) is 8.43. The monoisotopic (exact) mass is 304 g/mol. The molecule has 1 N–H and O–H groups in total.